The second kappa shape index (κ2) is 49.9. The molecule has 0 aromatic heterocycles. The number of hydrogen-bond acceptors (Lipinski definition) is 8. The van der Waals surface area contributed by atoms with Crippen molar-refractivity contribution in [3.05, 3.63) is 24.3 Å². The topological polar surface area (TPSA) is 134 Å². The summed E-state index contributed by atoms with van der Waals surface area (Å²) in [4.78, 5) is 35.1. The van der Waals surface area contributed by atoms with E-state index in [-0.39, 0.29) is 38.6 Å². The number of phosphoric ester groups is 1. The number of esters is 2. The lowest BCUT2D eigenvalue weighted by atomic mass is 10.0. The molecule has 2 atom stereocenters. The van der Waals surface area contributed by atoms with E-state index in [1.54, 1.807) is 0 Å². The molecule has 0 radical (unpaired) electrons. The third kappa shape index (κ3) is 49.8. The lowest BCUT2D eigenvalue weighted by molar-refractivity contribution is -0.161. The molecule has 0 heterocycles. The molecule has 0 spiro atoms. The first-order chi connectivity index (χ1) is 30.8. The molecule has 0 aliphatic rings. The average molecular weight is 912 g/mol. The summed E-state index contributed by atoms with van der Waals surface area (Å²) in [5, 5.41) is 0. The van der Waals surface area contributed by atoms with Crippen molar-refractivity contribution in [3.63, 3.8) is 0 Å². The number of nitrogens with two attached hydrogens (primary N) is 1. The SMILES string of the molecule is CCCCC/C=C\C/C=C\CCCCCCCCCCCC(=O)OC(COC(=O)CCCCCCCCCCCCCCCCCCCCCCCCC)COP(=O)(O)OCCN. The number of unbranched alkanes of at least 4 members (excludes halogenated alkanes) is 34. The molecule has 0 aliphatic carbocycles. The van der Waals surface area contributed by atoms with E-state index in [9.17, 15) is 19.0 Å². The maximum absolute atomic E-state index is 12.7. The highest BCUT2D eigenvalue weighted by Gasteiger charge is 2.26. The lowest BCUT2D eigenvalue weighted by Crippen LogP contribution is -2.29. The van der Waals surface area contributed by atoms with Gasteiger partial charge in [0.05, 0.1) is 13.2 Å². The quantitative estimate of drug-likeness (QED) is 0.0265. The maximum Gasteiger partial charge on any atom is 0.472 e. The van der Waals surface area contributed by atoms with Gasteiger partial charge < -0.3 is 20.1 Å². The molecule has 2 unspecified atom stereocenters. The molecular formula is C53H102NO8P. The van der Waals surface area contributed by atoms with E-state index < -0.39 is 26.5 Å². The monoisotopic (exact) mass is 912 g/mol. The van der Waals surface area contributed by atoms with Crippen molar-refractivity contribution < 1.29 is 37.6 Å². The van der Waals surface area contributed by atoms with Crippen LogP contribution in [0.3, 0.4) is 0 Å². The summed E-state index contributed by atoms with van der Waals surface area (Å²) in [6, 6.07) is 0. The first-order valence-corrected chi connectivity index (χ1v) is 28.3. The molecule has 0 bridgehead atoms. The smallest absolute Gasteiger partial charge is 0.462 e. The molecule has 0 aromatic carbocycles. The van der Waals surface area contributed by atoms with Crippen molar-refractivity contribution in [2.24, 2.45) is 5.73 Å². The van der Waals surface area contributed by atoms with Crippen LogP contribution >= 0.6 is 7.82 Å². The van der Waals surface area contributed by atoms with Gasteiger partial charge in [0.25, 0.3) is 0 Å². The van der Waals surface area contributed by atoms with Gasteiger partial charge in [-0.25, -0.2) is 4.57 Å². The van der Waals surface area contributed by atoms with Gasteiger partial charge in [-0.3, -0.25) is 18.6 Å². The molecule has 10 heteroatoms. The van der Waals surface area contributed by atoms with Crippen molar-refractivity contribution in [1.82, 2.24) is 0 Å². The van der Waals surface area contributed by atoms with Crippen LogP contribution in [-0.2, 0) is 32.7 Å². The third-order valence-electron chi connectivity index (χ3n) is 11.8. The number of carbonyl (C=O) groups is 2. The Bertz CT molecular complexity index is 1090. The Balaban J connectivity index is 3.98. The minimum Gasteiger partial charge on any atom is -0.462 e. The van der Waals surface area contributed by atoms with Crippen LogP contribution in [0.2, 0.25) is 0 Å². The van der Waals surface area contributed by atoms with Gasteiger partial charge in [-0.2, -0.15) is 0 Å². The van der Waals surface area contributed by atoms with E-state index in [2.05, 4.69) is 38.2 Å². The largest absolute Gasteiger partial charge is 0.472 e. The number of allylic oxidation sites excluding steroid dienone is 4. The van der Waals surface area contributed by atoms with Crippen LogP contribution in [0.5, 0.6) is 0 Å². The zero-order chi connectivity index (χ0) is 46.0. The normalized spacial score (nSPS) is 13.3. The standard InChI is InChI=1S/C53H102NO8P/c1-3-5-7-9-11-13-15-17-19-21-23-24-25-26-28-29-31-33-35-37-39-41-43-45-52(55)59-49-51(50-61-63(57,58)60-48-47-54)62-53(56)46-44-42-40-38-36-34-32-30-27-22-20-18-16-14-12-10-8-6-4-2/h12,14,18,20,51H,3-11,13,15-17,19,21-50,54H2,1-2H3,(H,57,58)/b14-12-,20-18-. The predicted molar refractivity (Wildman–Crippen MR) is 266 cm³/mol. The third-order valence-corrected chi connectivity index (χ3v) is 12.8. The Kier molecular flexibility index (Phi) is 48.7. The summed E-state index contributed by atoms with van der Waals surface area (Å²) in [5.74, 6) is -0.818. The van der Waals surface area contributed by atoms with Crippen molar-refractivity contribution >= 4 is 19.8 Å². The Morgan fingerprint density at radius 1 is 0.476 bits per heavy atom. The van der Waals surface area contributed by atoms with Gasteiger partial charge in [-0.15, -0.1) is 0 Å². The molecule has 0 rings (SSSR count). The summed E-state index contributed by atoms with van der Waals surface area (Å²) < 4.78 is 33.0. The van der Waals surface area contributed by atoms with Crippen LogP contribution in [0.25, 0.3) is 0 Å². The number of hydrogen-bond donors (Lipinski definition) is 2. The Labute approximate surface area is 389 Å². The van der Waals surface area contributed by atoms with Gasteiger partial charge in [-0.05, 0) is 44.9 Å². The van der Waals surface area contributed by atoms with Crippen LogP contribution in [0.1, 0.15) is 271 Å². The van der Waals surface area contributed by atoms with Crippen LogP contribution in [0.15, 0.2) is 24.3 Å². The highest BCUT2D eigenvalue weighted by atomic mass is 31.2. The number of rotatable bonds is 51. The molecule has 9 nitrogen and oxygen atoms in total. The fourth-order valence-corrected chi connectivity index (χ4v) is 8.61. The highest BCUT2D eigenvalue weighted by Crippen LogP contribution is 2.43. The highest BCUT2D eigenvalue weighted by molar-refractivity contribution is 7.47. The van der Waals surface area contributed by atoms with Crippen molar-refractivity contribution in [1.29, 1.82) is 0 Å². The predicted octanol–water partition coefficient (Wildman–Crippen LogP) is 16.3. The molecule has 0 saturated heterocycles. The number of carbonyl (C=O) groups excluding carboxylic acids is 2. The van der Waals surface area contributed by atoms with Crippen LogP contribution in [-0.4, -0.2) is 49.3 Å². The Hall–Kier alpha value is -1.51. The molecule has 63 heavy (non-hydrogen) atoms. The summed E-state index contributed by atoms with van der Waals surface area (Å²) in [6.07, 6.45) is 56.5. The van der Waals surface area contributed by atoms with Gasteiger partial charge in [-0.1, -0.05) is 237 Å². The average Bonchev–Trinajstić information content (AvgIpc) is 3.27. The van der Waals surface area contributed by atoms with Crippen molar-refractivity contribution in [2.45, 2.75) is 277 Å². The number of phosphoric acid groups is 1. The van der Waals surface area contributed by atoms with E-state index in [0.717, 1.165) is 51.4 Å². The first kappa shape index (κ1) is 61.5. The summed E-state index contributed by atoms with van der Waals surface area (Å²) in [5.41, 5.74) is 5.37. The van der Waals surface area contributed by atoms with Gasteiger partial charge in [0.1, 0.15) is 6.61 Å². The molecule has 3 N–H and O–H groups in total. The van der Waals surface area contributed by atoms with E-state index >= 15 is 0 Å². The lowest BCUT2D eigenvalue weighted by Gasteiger charge is -2.19. The second-order valence-electron chi connectivity index (χ2n) is 18.1. The van der Waals surface area contributed by atoms with Crippen molar-refractivity contribution in [2.75, 3.05) is 26.4 Å². The van der Waals surface area contributed by atoms with E-state index in [1.807, 2.05) is 0 Å². The summed E-state index contributed by atoms with van der Waals surface area (Å²) in [7, 11) is -4.38. The first-order valence-electron chi connectivity index (χ1n) is 26.8. The van der Waals surface area contributed by atoms with E-state index in [1.165, 1.54) is 186 Å². The maximum atomic E-state index is 12.7. The van der Waals surface area contributed by atoms with Gasteiger partial charge in [0.2, 0.25) is 0 Å². The number of ether oxygens (including phenoxy) is 2. The zero-order valence-electron chi connectivity index (χ0n) is 41.3. The molecule has 0 amide bonds. The van der Waals surface area contributed by atoms with Crippen LogP contribution < -0.4 is 5.73 Å². The Morgan fingerprint density at radius 3 is 1.24 bits per heavy atom. The van der Waals surface area contributed by atoms with Crippen molar-refractivity contribution in [3.8, 4) is 0 Å². The summed E-state index contributed by atoms with van der Waals surface area (Å²) in [6.45, 7) is 3.76. The fourth-order valence-electron chi connectivity index (χ4n) is 7.84. The molecule has 0 saturated carbocycles. The summed E-state index contributed by atoms with van der Waals surface area (Å²) >= 11 is 0. The fraction of sp³-hybridized carbons (Fsp3) is 0.887. The van der Waals surface area contributed by atoms with E-state index in [4.69, 9.17) is 24.3 Å². The molecular weight excluding hydrogens is 810 g/mol. The molecule has 372 valence electrons. The van der Waals surface area contributed by atoms with Crippen LogP contribution in [0.4, 0.5) is 0 Å². The minimum atomic E-state index is -4.38. The van der Waals surface area contributed by atoms with Crippen LogP contribution in [0, 0.1) is 0 Å². The minimum absolute atomic E-state index is 0.0547. The molecule has 0 aliphatic heterocycles. The second-order valence-corrected chi connectivity index (χ2v) is 19.6. The van der Waals surface area contributed by atoms with Gasteiger partial charge in [0, 0.05) is 19.4 Å². The van der Waals surface area contributed by atoms with E-state index in [0.29, 0.717) is 6.42 Å². The van der Waals surface area contributed by atoms with Gasteiger partial charge in [0.15, 0.2) is 6.10 Å². The zero-order valence-corrected chi connectivity index (χ0v) is 42.2. The Morgan fingerprint density at radius 2 is 0.825 bits per heavy atom. The molecule has 0 aromatic rings. The van der Waals surface area contributed by atoms with Gasteiger partial charge >= 0.3 is 19.8 Å². The molecule has 0 fully saturated rings.